The van der Waals surface area contributed by atoms with Gasteiger partial charge in [0.2, 0.25) is 18.4 Å². The van der Waals surface area contributed by atoms with E-state index >= 15 is 0 Å². The van der Waals surface area contributed by atoms with Crippen molar-refractivity contribution in [3.8, 4) is 17.2 Å². The first-order chi connectivity index (χ1) is 19.1. The van der Waals surface area contributed by atoms with Gasteiger partial charge >= 0.3 is 7.82 Å². The second-order valence-electron chi connectivity index (χ2n) is 8.93. The van der Waals surface area contributed by atoms with E-state index in [9.17, 15) is 13.8 Å². The molecule has 1 aliphatic rings. The van der Waals surface area contributed by atoms with E-state index in [1.54, 1.807) is 18.2 Å². The zero-order chi connectivity index (χ0) is 28.9. The first-order valence-corrected chi connectivity index (χ1v) is 13.7. The Balaban J connectivity index is 1.65. The third kappa shape index (κ3) is 6.97. The van der Waals surface area contributed by atoms with Gasteiger partial charge in [-0.05, 0) is 76.2 Å². The van der Waals surface area contributed by atoms with Gasteiger partial charge in [0.25, 0.3) is 0 Å². The van der Waals surface area contributed by atoms with E-state index in [1.807, 2.05) is 43.3 Å². The first kappa shape index (κ1) is 29.0. The summed E-state index contributed by atoms with van der Waals surface area (Å²) in [5.74, 6) is -0.0214. The standard InChI is InChI=1S/C29H29FNO8P/c1-18-23(11-20-12-26(36-2)29(27(13-20)37-3)38-17-39-40(33,34)35)22-10-9-21(30)14-25(22)24(18)15-28(32)31-16-19-7-5-4-6-8-19/h4-14H,15-17H2,1-3H3,(H,31,32)(H2,33,34,35)/b23-11-. The Morgan fingerprint density at radius 2 is 1.68 bits per heavy atom. The summed E-state index contributed by atoms with van der Waals surface area (Å²) in [5.41, 5.74) is 5.39. The van der Waals surface area contributed by atoms with Crippen LogP contribution < -0.4 is 19.5 Å². The Bertz CT molecular complexity index is 1490. The van der Waals surface area contributed by atoms with Crippen molar-refractivity contribution in [3.05, 3.63) is 94.3 Å². The highest BCUT2D eigenvalue weighted by Crippen LogP contribution is 2.46. The van der Waals surface area contributed by atoms with Crippen molar-refractivity contribution in [3.63, 3.8) is 0 Å². The Hall–Kier alpha value is -3.95. The number of fused-ring (bicyclic) bond motifs is 1. The van der Waals surface area contributed by atoms with E-state index in [0.717, 1.165) is 27.8 Å². The lowest BCUT2D eigenvalue weighted by Gasteiger charge is -2.16. The summed E-state index contributed by atoms with van der Waals surface area (Å²) in [6.45, 7) is 1.54. The number of rotatable bonds is 11. The van der Waals surface area contributed by atoms with Gasteiger partial charge in [-0.2, -0.15) is 0 Å². The summed E-state index contributed by atoms with van der Waals surface area (Å²) >= 11 is 0. The zero-order valence-electron chi connectivity index (χ0n) is 22.1. The monoisotopic (exact) mass is 569 g/mol. The van der Waals surface area contributed by atoms with Crippen molar-refractivity contribution in [2.24, 2.45) is 0 Å². The lowest BCUT2D eigenvalue weighted by Crippen LogP contribution is -2.22. The number of halogens is 1. The Morgan fingerprint density at radius 3 is 2.30 bits per heavy atom. The fourth-order valence-electron chi connectivity index (χ4n) is 4.45. The topological polar surface area (TPSA) is 124 Å². The lowest BCUT2D eigenvalue weighted by atomic mass is 10.00. The number of phosphoric acid groups is 1. The largest absolute Gasteiger partial charge is 0.493 e. The van der Waals surface area contributed by atoms with E-state index in [-0.39, 0.29) is 29.6 Å². The maximum absolute atomic E-state index is 14.3. The third-order valence-electron chi connectivity index (χ3n) is 6.34. The first-order valence-electron chi connectivity index (χ1n) is 12.2. The Morgan fingerprint density at radius 1 is 1.00 bits per heavy atom. The van der Waals surface area contributed by atoms with Crippen LogP contribution in [0.1, 0.15) is 35.6 Å². The van der Waals surface area contributed by atoms with Gasteiger partial charge in [0, 0.05) is 6.54 Å². The molecule has 0 heterocycles. The number of amides is 1. The number of carbonyl (C=O) groups is 1. The maximum atomic E-state index is 14.3. The molecule has 4 rings (SSSR count). The second-order valence-corrected chi connectivity index (χ2v) is 10.2. The van der Waals surface area contributed by atoms with Gasteiger partial charge in [-0.3, -0.25) is 4.79 Å². The molecule has 11 heteroatoms. The molecule has 1 aliphatic carbocycles. The van der Waals surface area contributed by atoms with Gasteiger partial charge in [0.1, 0.15) is 5.82 Å². The minimum absolute atomic E-state index is 0.0749. The molecule has 0 spiro atoms. The molecular weight excluding hydrogens is 540 g/mol. The molecule has 9 nitrogen and oxygen atoms in total. The number of benzene rings is 3. The van der Waals surface area contributed by atoms with Gasteiger partial charge in [-0.15, -0.1) is 0 Å². The number of ether oxygens (including phenoxy) is 3. The molecule has 40 heavy (non-hydrogen) atoms. The van der Waals surface area contributed by atoms with E-state index in [0.29, 0.717) is 17.7 Å². The van der Waals surface area contributed by atoms with Crippen LogP contribution >= 0.6 is 7.82 Å². The molecule has 0 aliphatic heterocycles. The predicted octanol–water partition coefficient (Wildman–Crippen LogP) is 5.32. The highest BCUT2D eigenvalue weighted by molar-refractivity contribution is 7.46. The summed E-state index contributed by atoms with van der Waals surface area (Å²) in [6.07, 6.45) is 1.94. The second kappa shape index (κ2) is 12.5. The minimum Gasteiger partial charge on any atom is -0.493 e. The van der Waals surface area contributed by atoms with E-state index < -0.39 is 20.4 Å². The van der Waals surface area contributed by atoms with Crippen molar-refractivity contribution in [1.29, 1.82) is 0 Å². The molecular formula is C29H29FNO8P. The molecule has 0 fully saturated rings. The maximum Gasteiger partial charge on any atom is 0.472 e. The SMILES string of the molecule is COc1cc(/C=C2/C(C)=C(CC(=O)NCc3ccccc3)c3cc(F)ccc32)cc(OC)c1OCOP(=O)(O)O. The molecule has 0 unspecified atom stereocenters. The molecule has 3 aromatic carbocycles. The summed E-state index contributed by atoms with van der Waals surface area (Å²) < 4.78 is 45.9. The number of hydrogen-bond donors (Lipinski definition) is 3. The molecule has 0 saturated carbocycles. The quantitative estimate of drug-likeness (QED) is 0.209. The normalized spacial score (nSPS) is 13.8. The molecule has 0 saturated heterocycles. The van der Waals surface area contributed by atoms with Crippen molar-refractivity contribution in [2.45, 2.75) is 19.9 Å². The van der Waals surface area contributed by atoms with Crippen LogP contribution in [0.5, 0.6) is 17.2 Å². The van der Waals surface area contributed by atoms with Gasteiger partial charge in [-0.25, -0.2) is 13.5 Å². The number of hydrogen-bond acceptors (Lipinski definition) is 6. The smallest absolute Gasteiger partial charge is 0.472 e. The van der Waals surface area contributed by atoms with Crippen molar-refractivity contribution in [2.75, 3.05) is 21.0 Å². The summed E-state index contributed by atoms with van der Waals surface area (Å²) in [5, 5.41) is 2.93. The van der Waals surface area contributed by atoms with E-state index in [2.05, 4.69) is 9.84 Å². The van der Waals surface area contributed by atoms with Crippen LogP contribution in [0.4, 0.5) is 4.39 Å². The molecule has 3 N–H and O–H groups in total. The minimum atomic E-state index is -4.73. The Labute approximate surface area is 231 Å². The number of allylic oxidation sites excluding steroid dienone is 2. The third-order valence-corrected chi connectivity index (χ3v) is 6.78. The van der Waals surface area contributed by atoms with Crippen molar-refractivity contribution in [1.82, 2.24) is 5.32 Å². The molecule has 0 aromatic heterocycles. The lowest BCUT2D eigenvalue weighted by molar-refractivity contribution is -0.120. The summed E-state index contributed by atoms with van der Waals surface area (Å²) in [7, 11) is -1.91. The molecule has 210 valence electrons. The molecule has 0 atom stereocenters. The number of methoxy groups -OCH3 is 2. The zero-order valence-corrected chi connectivity index (χ0v) is 23.0. The average molecular weight is 570 g/mol. The average Bonchev–Trinajstić information content (AvgIpc) is 3.17. The predicted molar refractivity (Wildman–Crippen MR) is 148 cm³/mol. The van der Waals surface area contributed by atoms with Crippen molar-refractivity contribution >= 4 is 31.0 Å². The molecule has 0 radical (unpaired) electrons. The van der Waals surface area contributed by atoms with Crippen LogP contribution in [0.15, 0.2) is 66.2 Å². The van der Waals surface area contributed by atoms with Gasteiger partial charge in [0.05, 0.1) is 20.6 Å². The fraction of sp³-hybridized carbons (Fsp3) is 0.207. The molecule has 0 bridgehead atoms. The van der Waals surface area contributed by atoms with Gasteiger partial charge in [0.15, 0.2) is 11.5 Å². The van der Waals surface area contributed by atoms with Crippen LogP contribution in [-0.2, 0) is 20.4 Å². The number of phosphoric ester groups is 1. The molecule has 1 amide bonds. The fourth-order valence-corrected chi connectivity index (χ4v) is 4.64. The molecule has 3 aromatic rings. The summed E-state index contributed by atoms with van der Waals surface area (Å²) in [4.78, 5) is 30.7. The van der Waals surface area contributed by atoms with Gasteiger partial charge in [-0.1, -0.05) is 36.4 Å². The number of nitrogens with one attached hydrogen (secondary N) is 1. The van der Waals surface area contributed by atoms with Crippen molar-refractivity contribution < 1.29 is 42.3 Å². The Kier molecular flexibility index (Phi) is 9.07. The highest BCUT2D eigenvalue weighted by atomic mass is 31.2. The van der Waals surface area contributed by atoms with Crippen LogP contribution in [0.25, 0.3) is 17.2 Å². The van der Waals surface area contributed by atoms with Crippen LogP contribution in [-0.4, -0.2) is 36.7 Å². The van der Waals surface area contributed by atoms with E-state index in [4.69, 9.17) is 24.0 Å². The van der Waals surface area contributed by atoms with E-state index in [1.165, 1.54) is 26.4 Å². The summed E-state index contributed by atoms with van der Waals surface area (Å²) in [6, 6.07) is 17.4. The van der Waals surface area contributed by atoms with Crippen LogP contribution in [0, 0.1) is 5.82 Å². The number of carbonyl (C=O) groups excluding carboxylic acids is 1. The van der Waals surface area contributed by atoms with Gasteiger partial charge < -0.3 is 29.3 Å². The van der Waals surface area contributed by atoms with Crippen LogP contribution in [0.2, 0.25) is 0 Å². The highest BCUT2D eigenvalue weighted by Gasteiger charge is 2.26. The van der Waals surface area contributed by atoms with Crippen LogP contribution in [0.3, 0.4) is 0 Å².